The average Bonchev–Trinajstić information content (AvgIpc) is 2.67. The van der Waals surface area contributed by atoms with E-state index in [-0.39, 0.29) is 5.75 Å². The highest BCUT2D eigenvalue weighted by atomic mass is 16.3. The summed E-state index contributed by atoms with van der Waals surface area (Å²) in [5, 5.41) is 17.2. The number of benzene rings is 1. The summed E-state index contributed by atoms with van der Waals surface area (Å²) in [4.78, 5) is 0. The maximum absolute atomic E-state index is 9.31. The number of rotatable bonds is 3. The van der Waals surface area contributed by atoms with Crippen LogP contribution in [0.25, 0.3) is 11.3 Å². The fraction of sp³-hybridized carbons (Fsp3) is 0.200. The van der Waals surface area contributed by atoms with Crippen molar-refractivity contribution in [3.63, 3.8) is 0 Å². The van der Waals surface area contributed by atoms with E-state index in [1.54, 1.807) is 22.9 Å². The molecule has 1 heterocycles. The van der Waals surface area contributed by atoms with Crippen LogP contribution in [-0.2, 0) is 6.54 Å². The van der Waals surface area contributed by atoms with E-state index in [2.05, 4.69) is 10.3 Å². The molecule has 0 amide bonds. The molecule has 0 aliphatic rings. The van der Waals surface area contributed by atoms with Crippen LogP contribution in [0.1, 0.15) is 0 Å². The van der Waals surface area contributed by atoms with E-state index in [9.17, 15) is 5.11 Å². The van der Waals surface area contributed by atoms with Gasteiger partial charge in [0, 0.05) is 12.1 Å². The van der Waals surface area contributed by atoms with Crippen molar-refractivity contribution in [1.29, 1.82) is 0 Å². The highest BCUT2D eigenvalue weighted by Crippen LogP contribution is 2.20. The minimum Gasteiger partial charge on any atom is -0.508 e. The van der Waals surface area contributed by atoms with Crippen molar-refractivity contribution in [2.45, 2.75) is 6.54 Å². The maximum Gasteiger partial charge on any atom is 0.116 e. The Kier molecular flexibility index (Phi) is 2.64. The second kappa shape index (κ2) is 4.10. The number of nitrogens with zero attached hydrogens (tertiary/aromatic N) is 3. The lowest BCUT2D eigenvalue weighted by Crippen LogP contribution is -2.10. The normalized spacial score (nSPS) is 10.5. The summed E-state index contributed by atoms with van der Waals surface area (Å²) in [6, 6.07) is 6.91. The average molecular weight is 204 g/mol. The summed E-state index contributed by atoms with van der Waals surface area (Å²) in [6.07, 6.45) is 1.81. The molecule has 2 aromatic rings. The number of phenols is 1. The van der Waals surface area contributed by atoms with Crippen LogP contribution in [0.4, 0.5) is 0 Å². The Balaban J connectivity index is 2.29. The fourth-order valence-electron chi connectivity index (χ4n) is 1.34. The first-order valence-electron chi connectivity index (χ1n) is 4.69. The summed E-state index contributed by atoms with van der Waals surface area (Å²) >= 11 is 0. The van der Waals surface area contributed by atoms with Gasteiger partial charge in [-0.3, -0.25) is 4.68 Å². The molecule has 15 heavy (non-hydrogen) atoms. The van der Waals surface area contributed by atoms with E-state index in [1.165, 1.54) is 0 Å². The Morgan fingerprint density at radius 2 is 2.27 bits per heavy atom. The Hall–Kier alpha value is -1.88. The van der Waals surface area contributed by atoms with Crippen molar-refractivity contribution < 1.29 is 5.11 Å². The molecule has 0 atom stereocenters. The standard InChI is InChI=1S/C10H12N4O/c11-4-5-14-7-10(12-13-14)8-2-1-3-9(15)6-8/h1-3,6-7,15H,4-5,11H2. The van der Waals surface area contributed by atoms with Crippen LogP contribution >= 0.6 is 0 Å². The smallest absolute Gasteiger partial charge is 0.116 e. The topological polar surface area (TPSA) is 77.0 Å². The molecule has 2 rings (SSSR count). The van der Waals surface area contributed by atoms with E-state index in [4.69, 9.17) is 5.73 Å². The van der Waals surface area contributed by atoms with Crippen LogP contribution in [0.2, 0.25) is 0 Å². The maximum atomic E-state index is 9.31. The molecule has 0 bridgehead atoms. The number of aromatic nitrogens is 3. The van der Waals surface area contributed by atoms with Gasteiger partial charge in [-0.25, -0.2) is 0 Å². The first-order valence-corrected chi connectivity index (χ1v) is 4.69. The number of aromatic hydroxyl groups is 1. The van der Waals surface area contributed by atoms with Crippen molar-refractivity contribution in [3.05, 3.63) is 30.5 Å². The lowest BCUT2D eigenvalue weighted by Gasteiger charge is -1.96. The van der Waals surface area contributed by atoms with Gasteiger partial charge in [-0.2, -0.15) is 0 Å². The summed E-state index contributed by atoms with van der Waals surface area (Å²) in [7, 11) is 0. The molecule has 0 fully saturated rings. The minimum atomic E-state index is 0.223. The Morgan fingerprint density at radius 1 is 1.40 bits per heavy atom. The third-order valence-electron chi connectivity index (χ3n) is 2.04. The van der Waals surface area contributed by atoms with Crippen molar-refractivity contribution in [3.8, 4) is 17.0 Å². The Morgan fingerprint density at radius 3 is 3.00 bits per heavy atom. The molecule has 1 aromatic carbocycles. The summed E-state index contributed by atoms with van der Waals surface area (Å²) in [5.41, 5.74) is 6.99. The molecule has 5 heteroatoms. The van der Waals surface area contributed by atoms with Crippen molar-refractivity contribution >= 4 is 0 Å². The van der Waals surface area contributed by atoms with E-state index >= 15 is 0 Å². The van der Waals surface area contributed by atoms with Crippen LogP contribution in [0, 0.1) is 0 Å². The van der Waals surface area contributed by atoms with Crippen LogP contribution < -0.4 is 5.73 Å². The Labute approximate surface area is 87.1 Å². The number of hydrogen-bond acceptors (Lipinski definition) is 4. The zero-order chi connectivity index (χ0) is 10.7. The molecule has 0 spiro atoms. The molecule has 78 valence electrons. The fourth-order valence-corrected chi connectivity index (χ4v) is 1.34. The molecule has 0 radical (unpaired) electrons. The lowest BCUT2D eigenvalue weighted by molar-refractivity contribution is 0.475. The molecule has 5 nitrogen and oxygen atoms in total. The molecule has 0 saturated carbocycles. The van der Waals surface area contributed by atoms with Gasteiger partial charge in [-0.1, -0.05) is 17.3 Å². The number of nitrogens with two attached hydrogens (primary N) is 1. The first-order chi connectivity index (χ1) is 7.29. The van der Waals surface area contributed by atoms with Crippen LogP contribution in [-0.4, -0.2) is 26.6 Å². The van der Waals surface area contributed by atoms with Crippen LogP contribution in [0.15, 0.2) is 30.5 Å². The quantitative estimate of drug-likeness (QED) is 0.768. The van der Waals surface area contributed by atoms with E-state index in [0.717, 1.165) is 11.3 Å². The third kappa shape index (κ3) is 2.13. The Bertz CT molecular complexity index is 452. The second-order valence-electron chi connectivity index (χ2n) is 3.21. The highest BCUT2D eigenvalue weighted by Gasteiger charge is 2.03. The predicted octanol–water partition coefficient (Wildman–Crippen LogP) is 0.609. The minimum absolute atomic E-state index is 0.223. The van der Waals surface area contributed by atoms with Crippen molar-refractivity contribution in [1.82, 2.24) is 15.0 Å². The summed E-state index contributed by atoms with van der Waals surface area (Å²) < 4.78 is 1.68. The van der Waals surface area contributed by atoms with Gasteiger partial charge in [0.2, 0.25) is 0 Å². The molecule has 0 aliphatic heterocycles. The highest BCUT2D eigenvalue weighted by molar-refractivity contribution is 5.59. The number of phenolic OH excluding ortho intramolecular Hbond substituents is 1. The van der Waals surface area contributed by atoms with Gasteiger partial charge in [-0.05, 0) is 12.1 Å². The molecule has 0 aliphatic carbocycles. The van der Waals surface area contributed by atoms with Gasteiger partial charge in [0.25, 0.3) is 0 Å². The number of hydrogen-bond donors (Lipinski definition) is 2. The monoisotopic (exact) mass is 204 g/mol. The van der Waals surface area contributed by atoms with Gasteiger partial charge < -0.3 is 10.8 Å². The van der Waals surface area contributed by atoms with Gasteiger partial charge in [0.15, 0.2) is 0 Å². The summed E-state index contributed by atoms with van der Waals surface area (Å²) in [5.74, 6) is 0.223. The molecule has 0 saturated heterocycles. The third-order valence-corrected chi connectivity index (χ3v) is 2.04. The largest absolute Gasteiger partial charge is 0.508 e. The van der Waals surface area contributed by atoms with Gasteiger partial charge in [-0.15, -0.1) is 5.10 Å². The van der Waals surface area contributed by atoms with Crippen molar-refractivity contribution in [2.24, 2.45) is 5.73 Å². The zero-order valence-corrected chi connectivity index (χ0v) is 8.17. The zero-order valence-electron chi connectivity index (χ0n) is 8.17. The molecule has 0 unspecified atom stereocenters. The molecular formula is C10H12N4O. The van der Waals surface area contributed by atoms with Gasteiger partial charge in [0.05, 0.1) is 12.7 Å². The molecular weight excluding hydrogens is 192 g/mol. The second-order valence-corrected chi connectivity index (χ2v) is 3.21. The van der Waals surface area contributed by atoms with Gasteiger partial charge >= 0.3 is 0 Å². The van der Waals surface area contributed by atoms with E-state index in [0.29, 0.717) is 13.1 Å². The summed E-state index contributed by atoms with van der Waals surface area (Å²) in [6.45, 7) is 1.18. The molecule has 3 N–H and O–H groups in total. The SMILES string of the molecule is NCCn1cc(-c2cccc(O)c2)nn1. The van der Waals surface area contributed by atoms with Crippen LogP contribution in [0.5, 0.6) is 5.75 Å². The lowest BCUT2D eigenvalue weighted by atomic mass is 10.1. The molecule has 1 aromatic heterocycles. The van der Waals surface area contributed by atoms with Gasteiger partial charge in [0.1, 0.15) is 11.4 Å². The first kappa shape index (κ1) is 9.67. The van der Waals surface area contributed by atoms with E-state index < -0.39 is 0 Å². The van der Waals surface area contributed by atoms with Crippen molar-refractivity contribution in [2.75, 3.05) is 6.54 Å². The van der Waals surface area contributed by atoms with E-state index in [1.807, 2.05) is 12.3 Å². The predicted molar refractivity (Wildman–Crippen MR) is 56.2 cm³/mol. The van der Waals surface area contributed by atoms with Crippen LogP contribution in [0.3, 0.4) is 0 Å².